The number of rotatable bonds is 4. The third-order valence-electron chi connectivity index (χ3n) is 4.44. The lowest BCUT2D eigenvalue weighted by Gasteiger charge is -2.30. The predicted molar refractivity (Wildman–Crippen MR) is 91.3 cm³/mol. The first-order valence-electron chi connectivity index (χ1n) is 8.11. The number of piperidine rings is 1. The minimum atomic E-state index is -0.172. The van der Waals surface area contributed by atoms with Crippen LogP contribution >= 0.6 is 11.3 Å². The van der Waals surface area contributed by atoms with Gasteiger partial charge in [-0.05, 0) is 55.1 Å². The molecule has 0 saturated carbocycles. The molecule has 0 aliphatic carbocycles. The van der Waals surface area contributed by atoms with Crippen molar-refractivity contribution >= 4 is 11.3 Å². The summed E-state index contributed by atoms with van der Waals surface area (Å²) in [6.45, 7) is 2.70. The van der Waals surface area contributed by atoms with E-state index in [2.05, 4.69) is 15.1 Å². The molecule has 1 aliphatic rings. The summed E-state index contributed by atoms with van der Waals surface area (Å²) in [5, 5.41) is 12.4. The third-order valence-corrected chi connectivity index (χ3v) is 5.12. The Morgan fingerprint density at radius 1 is 1.21 bits per heavy atom. The van der Waals surface area contributed by atoms with Crippen LogP contribution in [0.15, 0.2) is 45.5 Å². The van der Waals surface area contributed by atoms with Gasteiger partial charge < -0.3 is 4.42 Å². The van der Waals surface area contributed by atoms with Gasteiger partial charge >= 0.3 is 0 Å². The van der Waals surface area contributed by atoms with E-state index in [0.717, 1.165) is 49.5 Å². The van der Waals surface area contributed by atoms with Crippen molar-refractivity contribution in [2.24, 2.45) is 0 Å². The second kappa shape index (κ2) is 6.83. The van der Waals surface area contributed by atoms with Crippen LogP contribution < -0.4 is 0 Å². The van der Waals surface area contributed by atoms with Gasteiger partial charge in [-0.15, -0.1) is 10.2 Å². The molecule has 4 rings (SSSR count). The quantitative estimate of drug-likeness (QED) is 0.708. The molecule has 0 amide bonds. The van der Waals surface area contributed by atoms with Crippen LogP contribution in [0.2, 0.25) is 0 Å². The molecule has 0 N–H and O–H groups in total. The summed E-state index contributed by atoms with van der Waals surface area (Å²) in [6.07, 6.45) is 1.97. The number of halogens is 1. The van der Waals surface area contributed by atoms with Gasteiger partial charge in [0.1, 0.15) is 5.82 Å². The Kier molecular flexibility index (Phi) is 4.40. The average molecular weight is 343 g/mol. The van der Waals surface area contributed by atoms with Gasteiger partial charge in [-0.2, -0.15) is 11.3 Å². The molecule has 0 atom stereocenters. The van der Waals surface area contributed by atoms with Crippen molar-refractivity contribution in [3.63, 3.8) is 0 Å². The van der Waals surface area contributed by atoms with Crippen LogP contribution in [-0.2, 0) is 6.54 Å². The largest absolute Gasteiger partial charge is 0.420 e. The minimum Gasteiger partial charge on any atom is -0.420 e. The number of benzene rings is 1. The second-order valence-electron chi connectivity index (χ2n) is 6.14. The molecule has 2 aromatic heterocycles. The molecule has 0 unspecified atom stereocenters. The Bertz CT molecular complexity index is 794. The average Bonchev–Trinajstić information content (AvgIpc) is 3.27. The molecule has 24 heavy (non-hydrogen) atoms. The van der Waals surface area contributed by atoms with Gasteiger partial charge in [-0.25, -0.2) is 4.39 Å². The molecule has 0 spiro atoms. The van der Waals surface area contributed by atoms with E-state index < -0.39 is 0 Å². The SMILES string of the molecule is Fc1cccc(CN2CCC(c3nnc(-c4ccsc4)o3)CC2)c1. The van der Waals surface area contributed by atoms with Gasteiger partial charge in [-0.1, -0.05) is 12.1 Å². The monoisotopic (exact) mass is 343 g/mol. The molecular weight excluding hydrogens is 325 g/mol. The van der Waals surface area contributed by atoms with Crippen LogP contribution in [0.4, 0.5) is 4.39 Å². The van der Waals surface area contributed by atoms with E-state index in [1.807, 2.05) is 22.9 Å². The number of hydrogen-bond donors (Lipinski definition) is 0. The molecule has 1 fully saturated rings. The maximum absolute atomic E-state index is 13.3. The zero-order chi connectivity index (χ0) is 16.4. The highest BCUT2D eigenvalue weighted by molar-refractivity contribution is 7.08. The van der Waals surface area contributed by atoms with Crippen molar-refractivity contribution in [2.45, 2.75) is 25.3 Å². The predicted octanol–water partition coefficient (Wildman–Crippen LogP) is 4.32. The van der Waals surface area contributed by atoms with E-state index in [1.54, 1.807) is 23.5 Å². The van der Waals surface area contributed by atoms with Crippen LogP contribution in [0, 0.1) is 5.82 Å². The molecule has 3 heterocycles. The van der Waals surface area contributed by atoms with Crippen LogP contribution in [0.1, 0.15) is 30.2 Å². The molecule has 0 radical (unpaired) electrons. The number of likely N-dealkylation sites (tertiary alicyclic amines) is 1. The van der Waals surface area contributed by atoms with Crippen LogP contribution in [0.3, 0.4) is 0 Å². The van der Waals surface area contributed by atoms with Gasteiger partial charge in [0.05, 0.1) is 0 Å². The van der Waals surface area contributed by atoms with Gasteiger partial charge in [0.25, 0.3) is 0 Å². The maximum atomic E-state index is 13.3. The minimum absolute atomic E-state index is 0.172. The molecular formula is C18H18FN3OS. The van der Waals surface area contributed by atoms with Crippen LogP contribution in [-0.4, -0.2) is 28.2 Å². The lowest BCUT2D eigenvalue weighted by Crippen LogP contribution is -2.32. The van der Waals surface area contributed by atoms with E-state index in [9.17, 15) is 4.39 Å². The molecule has 1 saturated heterocycles. The topological polar surface area (TPSA) is 42.2 Å². The summed E-state index contributed by atoms with van der Waals surface area (Å²) in [5.41, 5.74) is 2.01. The Morgan fingerprint density at radius 3 is 2.83 bits per heavy atom. The summed E-state index contributed by atoms with van der Waals surface area (Å²) in [6, 6.07) is 8.82. The van der Waals surface area contributed by atoms with Crippen molar-refractivity contribution in [3.05, 3.63) is 58.4 Å². The van der Waals surface area contributed by atoms with E-state index in [-0.39, 0.29) is 5.82 Å². The Hall–Kier alpha value is -2.05. The van der Waals surface area contributed by atoms with Gasteiger partial charge in [-0.3, -0.25) is 4.90 Å². The lowest BCUT2D eigenvalue weighted by molar-refractivity contribution is 0.193. The van der Waals surface area contributed by atoms with Gasteiger partial charge in [0.15, 0.2) is 0 Å². The van der Waals surface area contributed by atoms with Crippen LogP contribution in [0.5, 0.6) is 0 Å². The second-order valence-corrected chi connectivity index (χ2v) is 6.92. The molecule has 0 bridgehead atoms. The molecule has 124 valence electrons. The summed E-state index contributed by atoms with van der Waals surface area (Å²) in [5.74, 6) is 1.48. The zero-order valence-electron chi connectivity index (χ0n) is 13.2. The van der Waals surface area contributed by atoms with Crippen molar-refractivity contribution in [1.82, 2.24) is 15.1 Å². The molecule has 3 aromatic rings. The normalized spacial score (nSPS) is 16.5. The van der Waals surface area contributed by atoms with E-state index in [0.29, 0.717) is 11.8 Å². The Morgan fingerprint density at radius 2 is 2.08 bits per heavy atom. The number of hydrogen-bond acceptors (Lipinski definition) is 5. The van der Waals surface area contributed by atoms with Crippen molar-refractivity contribution in [3.8, 4) is 11.5 Å². The van der Waals surface area contributed by atoms with Crippen LogP contribution in [0.25, 0.3) is 11.5 Å². The molecule has 4 nitrogen and oxygen atoms in total. The highest BCUT2D eigenvalue weighted by atomic mass is 32.1. The fourth-order valence-electron chi connectivity index (χ4n) is 3.13. The van der Waals surface area contributed by atoms with E-state index in [4.69, 9.17) is 4.42 Å². The van der Waals surface area contributed by atoms with Gasteiger partial charge in [0, 0.05) is 23.4 Å². The van der Waals surface area contributed by atoms with Crippen molar-refractivity contribution in [2.75, 3.05) is 13.1 Å². The third kappa shape index (κ3) is 3.39. The lowest BCUT2D eigenvalue weighted by atomic mass is 9.96. The Balaban J connectivity index is 1.36. The standard InChI is InChI=1S/C18H18FN3OS/c19-16-3-1-2-13(10-16)11-22-7-4-14(5-8-22)17-20-21-18(23-17)15-6-9-24-12-15/h1-3,6,9-10,12,14H,4-5,7-8,11H2. The Labute approximate surface area is 143 Å². The first-order valence-corrected chi connectivity index (χ1v) is 9.05. The highest BCUT2D eigenvalue weighted by Gasteiger charge is 2.25. The smallest absolute Gasteiger partial charge is 0.248 e. The fourth-order valence-corrected chi connectivity index (χ4v) is 3.76. The summed E-state index contributed by atoms with van der Waals surface area (Å²) in [4.78, 5) is 2.35. The highest BCUT2D eigenvalue weighted by Crippen LogP contribution is 2.30. The first-order chi connectivity index (χ1) is 11.8. The molecule has 1 aromatic carbocycles. The van der Waals surface area contributed by atoms with Gasteiger partial charge in [0.2, 0.25) is 11.8 Å². The molecule has 6 heteroatoms. The van der Waals surface area contributed by atoms with E-state index >= 15 is 0 Å². The van der Waals surface area contributed by atoms with Crippen molar-refractivity contribution in [1.29, 1.82) is 0 Å². The summed E-state index contributed by atoms with van der Waals surface area (Å²) >= 11 is 1.62. The fraction of sp³-hybridized carbons (Fsp3) is 0.333. The van der Waals surface area contributed by atoms with Crippen molar-refractivity contribution < 1.29 is 8.81 Å². The molecule has 1 aliphatic heterocycles. The summed E-state index contributed by atoms with van der Waals surface area (Å²) < 4.78 is 19.1. The zero-order valence-corrected chi connectivity index (χ0v) is 14.0. The number of thiophene rings is 1. The first kappa shape index (κ1) is 15.5. The maximum Gasteiger partial charge on any atom is 0.248 e. The number of nitrogens with zero attached hydrogens (tertiary/aromatic N) is 3. The number of aromatic nitrogens is 2. The van der Waals surface area contributed by atoms with E-state index in [1.165, 1.54) is 6.07 Å². The summed E-state index contributed by atoms with van der Waals surface area (Å²) in [7, 11) is 0.